The molecule has 0 spiro atoms. The third-order valence-electron chi connectivity index (χ3n) is 5.20. The van der Waals surface area contributed by atoms with Crippen molar-refractivity contribution in [3.05, 3.63) is 53.9 Å². The molecule has 1 aliphatic rings. The van der Waals surface area contributed by atoms with E-state index in [2.05, 4.69) is 71.3 Å². The number of morpholine rings is 1. The number of rotatable bonds is 6. The fourth-order valence-electron chi connectivity index (χ4n) is 3.01. The van der Waals surface area contributed by atoms with E-state index in [0.29, 0.717) is 6.04 Å². The average Bonchev–Trinajstić information content (AvgIpc) is 2.68. The molecule has 134 valence electrons. The van der Waals surface area contributed by atoms with Crippen molar-refractivity contribution < 1.29 is 4.74 Å². The Morgan fingerprint density at radius 2 is 1.76 bits per heavy atom. The van der Waals surface area contributed by atoms with E-state index in [-0.39, 0.29) is 5.41 Å². The molecule has 0 bridgehead atoms. The lowest BCUT2D eigenvalue weighted by Crippen LogP contribution is -2.42. The summed E-state index contributed by atoms with van der Waals surface area (Å²) < 4.78 is 5.37. The molecule has 3 rings (SSSR count). The second kappa shape index (κ2) is 7.93. The molecule has 1 aromatic heterocycles. The van der Waals surface area contributed by atoms with E-state index in [9.17, 15) is 0 Å². The van der Waals surface area contributed by atoms with E-state index >= 15 is 0 Å². The van der Waals surface area contributed by atoms with Crippen LogP contribution in [0.5, 0.6) is 0 Å². The lowest BCUT2D eigenvalue weighted by Gasteiger charge is -2.33. The molecule has 25 heavy (non-hydrogen) atoms. The van der Waals surface area contributed by atoms with Crippen molar-refractivity contribution in [1.82, 2.24) is 15.3 Å². The fourth-order valence-corrected chi connectivity index (χ4v) is 3.01. The summed E-state index contributed by atoms with van der Waals surface area (Å²) in [6.45, 7) is 10.8. The SMILES string of the molecule is C[C@@H](NCc1cnc(N2CCOCC2)nc1)C(C)(C)c1ccccc1. The van der Waals surface area contributed by atoms with Crippen LogP contribution in [0.4, 0.5) is 5.95 Å². The fraction of sp³-hybridized carbons (Fsp3) is 0.500. The monoisotopic (exact) mass is 340 g/mol. The van der Waals surface area contributed by atoms with Gasteiger partial charge in [-0.1, -0.05) is 44.2 Å². The molecule has 0 unspecified atom stereocenters. The van der Waals surface area contributed by atoms with Crippen molar-refractivity contribution >= 4 is 5.95 Å². The number of nitrogens with zero attached hydrogens (tertiary/aromatic N) is 3. The Morgan fingerprint density at radius 1 is 1.12 bits per heavy atom. The number of nitrogens with one attached hydrogen (secondary N) is 1. The van der Waals surface area contributed by atoms with Gasteiger partial charge < -0.3 is 15.0 Å². The Balaban J connectivity index is 1.57. The lowest BCUT2D eigenvalue weighted by atomic mass is 9.78. The van der Waals surface area contributed by atoms with Gasteiger partial charge in [-0.05, 0) is 12.5 Å². The molecular weight excluding hydrogens is 312 g/mol. The number of benzene rings is 1. The van der Waals surface area contributed by atoms with E-state index in [0.717, 1.165) is 44.4 Å². The maximum atomic E-state index is 5.37. The molecule has 1 aromatic carbocycles. The van der Waals surface area contributed by atoms with Crippen molar-refractivity contribution in [2.24, 2.45) is 0 Å². The molecule has 1 fully saturated rings. The standard InChI is InChI=1S/C20H28N4O/c1-16(20(2,3)18-7-5-4-6-8-18)21-13-17-14-22-19(23-15-17)24-9-11-25-12-10-24/h4-8,14-16,21H,9-13H2,1-3H3/t16-/m1/s1. The van der Waals surface area contributed by atoms with Gasteiger partial charge >= 0.3 is 0 Å². The van der Waals surface area contributed by atoms with Crippen molar-refractivity contribution in [3.8, 4) is 0 Å². The van der Waals surface area contributed by atoms with E-state index in [4.69, 9.17) is 4.74 Å². The Kier molecular flexibility index (Phi) is 5.66. The topological polar surface area (TPSA) is 50.3 Å². The van der Waals surface area contributed by atoms with Crippen LogP contribution in [0, 0.1) is 0 Å². The minimum absolute atomic E-state index is 0.0514. The van der Waals surface area contributed by atoms with E-state index in [1.54, 1.807) is 0 Å². The van der Waals surface area contributed by atoms with Gasteiger partial charge in [0.25, 0.3) is 0 Å². The number of hydrogen-bond acceptors (Lipinski definition) is 5. The van der Waals surface area contributed by atoms with Crippen LogP contribution in [0.2, 0.25) is 0 Å². The van der Waals surface area contributed by atoms with Crippen molar-refractivity contribution in [2.75, 3.05) is 31.2 Å². The first kappa shape index (κ1) is 17.8. The maximum Gasteiger partial charge on any atom is 0.225 e. The number of aromatic nitrogens is 2. The second-order valence-corrected chi connectivity index (χ2v) is 7.18. The molecule has 0 radical (unpaired) electrons. The molecule has 2 aromatic rings. The third-order valence-corrected chi connectivity index (χ3v) is 5.20. The zero-order valence-corrected chi connectivity index (χ0v) is 15.4. The Hall–Kier alpha value is -1.98. The van der Waals surface area contributed by atoms with Crippen LogP contribution in [0.25, 0.3) is 0 Å². The Bertz CT molecular complexity index is 651. The molecule has 0 aliphatic carbocycles. The third kappa shape index (κ3) is 4.35. The highest BCUT2D eigenvalue weighted by Crippen LogP contribution is 2.27. The van der Waals surface area contributed by atoms with Gasteiger partial charge in [-0.25, -0.2) is 9.97 Å². The number of ether oxygens (including phenoxy) is 1. The van der Waals surface area contributed by atoms with Gasteiger partial charge in [0.05, 0.1) is 13.2 Å². The molecule has 2 heterocycles. The molecule has 1 saturated heterocycles. The van der Waals surface area contributed by atoms with E-state index in [1.807, 2.05) is 12.4 Å². The highest BCUT2D eigenvalue weighted by molar-refractivity contribution is 5.30. The summed E-state index contributed by atoms with van der Waals surface area (Å²) in [7, 11) is 0. The molecule has 1 aliphatic heterocycles. The highest BCUT2D eigenvalue weighted by Gasteiger charge is 2.27. The van der Waals surface area contributed by atoms with Crippen LogP contribution in [0.15, 0.2) is 42.7 Å². The van der Waals surface area contributed by atoms with Crippen LogP contribution in [-0.2, 0) is 16.7 Å². The van der Waals surface area contributed by atoms with Gasteiger partial charge in [-0.2, -0.15) is 0 Å². The highest BCUT2D eigenvalue weighted by atomic mass is 16.5. The zero-order valence-electron chi connectivity index (χ0n) is 15.4. The lowest BCUT2D eigenvalue weighted by molar-refractivity contribution is 0.122. The molecule has 1 N–H and O–H groups in total. The molecule has 5 heteroatoms. The van der Waals surface area contributed by atoms with Crippen LogP contribution in [-0.4, -0.2) is 42.3 Å². The summed E-state index contributed by atoms with van der Waals surface area (Å²) >= 11 is 0. The van der Waals surface area contributed by atoms with E-state index < -0.39 is 0 Å². The summed E-state index contributed by atoms with van der Waals surface area (Å²) in [5.74, 6) is 0.796. The molecular formula is C20H28N4O. The van der Waals surface area contributed by atoms with Crippen molar-refractivity contribution in [3.63, 3.8) is 0 Å². The summed E-state index contributed by atoms with van der Waals surface area (Å²) in [5, 5.41) is 3.62. The van der Waals surface area contributed by atoms with Crippen LogP contribution in [0.3, 0.4) is 0 Å². The van der Waals surface area contributed by atoms with Crippen molar-refractivity contribution in [1.29, 1.82) is 0 Å². The number of hydrogen-bond donors (Lipinski definition) is 1. The van der Waals surface area contributed by atoms with Crippen LogP contribution >= 0.6 is 0 Å². The van der Waals surface area contributed by atoms with Gasteiger partial charge in [0.1, 0.15) is 0 Å². The largest absolute Gasteiger partial charge is 0.378 e. The first-order valence-corrected chi connectivity index (χ1v) is 9.00. The first-order chi connectivity index (χ1) is 12.1. The first-order valence-electron chi connectivity index (χ1n) is 9.00. The summed E-state index contributed by atoms with van der Waals surface area (Å²) in [5.41, 5.74) is 2.50. The minimum Gasteiger partial charge on any atom is -0.378 e. The summed E-state index contributed by atoms with van der Waals surface area (Å²) in [6.07, 6.45) is 3.85. The Morgan fingerprint density at radius 3 is 2.40 bits per heavy atom. The smallest absolute Gasteiger partial charge is 0.225 e. The van der Waals surface area contributed by atoms with Gasteiger partial charge in [-0.15, -0.1) is 0 Å². The zero-order chi connectivity index (χ0) is 17.7. The van der Waals surface area contributed by atoms with Gasteiger partial charge in [0.2, 0.25) is 5.95 Å². The number of anilines is 1. The summed E-state index contributed by atoms with van der Waals surface area (Å²) in [6, 6.07) is 11.0. The van der Waals surface area contributed by atoms with Gasteiger partial charge in [-0.3, -0.25) is 0 Å². The molecule has 5 nitrogen and oxygen atoms in total. The van der Waals surface area contributed by atoms with Crippen LogP contribution < -0.4 is 10.2 Å². The predicted molar refractivity (Wildman–Crippen MR) is 101 cm³/mol. The second-order valence-electron chi connectivity index (χ2n) is 7.18. The van der Waals surface area contributed by atoms with Gasteiger partial charge in [0.15, 0.2) is 0 Å². The molecule has 1 atom stereocenters. The average molecular weight is 340 g/mol. The quantitative estimate of drug-likeness (QED) is 0.876. The normalized spacial score (nSPS) is 16.7. The Labute approximate surface area is 150 Å². The predicted octanol–water partition coefficient (Wildman–Crippen LogP) is 2.77. The van der Waals surface area contributed by atoms with Gasteiger partial charge in [0, 0.05) is 49.0 Å². The molecule has 0 amide bonds. The van der Waals surface area contributed by atoms with Crippen molar-refractivity contribution in [2.45, 2.75) is 38.8 Å². The van der Waals surface area contributed by atoms with Crippen LogP contribution in [0.1, 0.15) is 31.9 Å². The van der Waals surface area contributed by atoms with E-state index in [1.165, 1.54) is 5.56 Å². The molecule has 0 saturated carbocycles. The minimum atomic E-state index is 0.0514. The summed E-state index contributed by atoms with van der Waals surface area (Å²) in [4.78, 5) is 11.2. The maximum absolute atomic E-state index is 5.37.